The molecular weight excluding hydrogens is 218 g/mol. The van der Waals surface area contributed by atoms with Crippen molar-refractivity contribution < 1.29 is 0 Å². The quantitative estimate of drug-likeness (QED) is 0.856. The van der Waals surface area contributed by atoms with Crippen LogP contribution in [0.3, 0.4) is 0 Å². The van der Waals surface area contributed by atoms with Gasteiger partial charge < -0.3 is 5.32 Å². The van der Waals surface area contributed by atoms with Crippen LogP contribution >= 0.6 is 11.3 Å². The Morgan fingerprint density at radius 1 is 1.50 bits per heavy atom. The van der Waals surface area contributed by atoms with Gasteiger partial charge in [0.05, 0.1) is 5.54 Å². The molecule has 1 N–H and O–H groups in total. The highest BCUT2D eigenvalue weighted by Crippen LogP contribution is 2.32. The Balaban J connectivity index is 2.21. The molecule has 0 radical (unpaired) electrons. The van der Waals surface area contributed by atoms with E-state index in [0.29, 0.717) is 12.1 Å². The minimum Gasteiger partial charge on any atom is -0.311 e. The van der Waals surface area contributed by atoms with E-state index in [9.17, 15) is 0 Å². The minimum absolute atomic E-state index is 0.0456. The Kier molecular flexibility index (Phi) is 3.33. The lowest BCUT2D eigenvalue weighted by Gasteiger charge is -2.46. The van der Waals surface area contributed by atoms with Crippen molar-refractivity contribution in [2.24, 2.45) is 0 Å². The first kappa shape index (κ1) is 12.0. The van der Waals surface area contributed by atoms with Crippen molar-refractivity contribution in [2.45, 2.75) is 45.3 Å². The second-order valence-electron chi connectivity index (χ2n) is 5.21. The van der Waals surface area contributed by atoms with E-state index in [0.717, 1.165) is 13.1 Å². The summed E-state index contributed by atoms with van der Waals surface area (Å²) in [6.07, 6.45) is 1.90. The number of rotatable bonds is 2. The number of piperazine rings is 1. The number of hydrogen-bond donors (Lipinski definition) is 1. The molecule has 0 amide bonds. The summed E-state index contributed by atoms with van der Waals surface area (Å²) in [6, 6.07) is 1.13. The first-order valence-corrected chi connectivity index (χ1v) is 6.80. The zero-order valence-corrected chi connectivity index (χ0v) is 11.3. The van der Waals surface area contributed by atoms with E-state index in [1.54, 1.807) is 11.3 Å². The van der Waals surface area contributed by atoms with Gasteiger partial charge in [-0.3, -0.25) is 4.90 Å². The van der Waals surface area contributed by atoms with Gasteiger partial charge in [-0.1, -0.05) is 0 Å². The van der Waals surface area contributed by atoms with Gasteiger partial charge >= 0.3 is 0 Å². The first-order chi connectivity index (χ1) is 7.51. The fourth-order valence-electron chi connectivity index (χ4n) is 2.45. The molecule has 1 fully saturated rings. The Hall–Kier alpha value is -0.450. The zero-order chi connectivity index (χ0) is 11.8. The second-order valence-corrected chi connectivity index (χ2v) is 6.10. The Morgan fingerprint density at radius 3 is 2.88 bits per heavy atom. The van der Waals surface area contributed by atoms with Crippen molar-refractivity contribution >= 4 is 11.3 Å². The van der Waals surface area contributed by atoms with E-state index in [1.807, 2.05) is 6.20 Å². The molecule has 0 aromatic carbocycles. The van der Waals surface area contributed by atoms with Gasteiger partial charge in [0.25, 0.3) is 0 Å². The van der Waals surface area contributed by atoms with Gasteiger partial charge in [0.15, 0.2) is 0 Å². The molecule has 1 saturated heterocycles. The standard InChI is InChI=1S/C12H21N3S/c1-9-8-15(10(2)7-14-9)12(3,4)11-13-5-6-16-11/h5-6,9-10,14H,7-8H2,1-4H3. The topological polar surface area (TPSA) is 28.2 Å². The van der Waals surface area contributed by atoms with Gasteiger partial charge in [0.2, 0.25) is 0 Å². The summed E-state index contributed by atoms with van der Waals surface area (Å²) >= 11 is 1.75. The molecule has 3 nitrogen and oxygen atoms in total. The first-order valence-electron chi connectivity index (χ1n) is 5.92. The fraction of sp³-hybridized carbons (Fsp3) is 0.750. The summed E-state index contributed by atoms with van der Waals surface area (Å²) in [5.74, 6) is 0. The molecular formula is C12H21N3S. The van der Waals surface area contributed by atoms with Crippen LogP contribution in [0, 0.1) is 0 Å². The van der Waals surface area contributed by atoms with E-state index < -0.39 is 0 Å². The van der Waals surface area contributed by atoms with Crippen LogP contribution in [0.4, 0.5) is 0 Å². The summed E-state index contributed by atoms with van der Waals surface area (Å²) in [7, 11) is 0. The molecule has 2 unspecified atom stereocenters. The average molecular weight is 239 g/mol. The van der Waals surface area contributed by atoms with Crippen molar-refractivity contribution in [3.8, 4) is 0 Å². The molecule has 2 atom stereocenters. The maximum absolute atomic E-state index is 4.48. The van der Waals surface area contributed by atoms with Crippen LogP contribution in [0.25, 0.3) is 0 Å². The summed E-state index contributed by atoms with van der Waals surface area (Å²) in [4.78, 5) is 7.04. The Bertz CT molecular complexity index is 334. The van der Waals surface area contributed by atoms with E-state index in [2.05, 4.69) is 48.3 Å². The summed E-state index contributed by atoms with van der Waals surface area (Å²) in [5.41, 5.74) is 0.0456. The molecule has 4 heteroatoms. The number of hydrogen-bond acceptors (Lipinski definition) is 4. The molecule has 0 bridgehead atoms. The van der Waals surface area contributed by atoms with Crippen molar-refractivity contribution in [2.75, 3.05) is 13.1 Å². The normalized spacial score (nSPS) is 28.2. The molecule has 0 spiro atoms. The number of aromatic nitrogens is 1. The van der Waals surface area contributed by atoms with Gasteiger partial charge in [0.1, 0.15) is 5.01 Å². The van der Waals surface area contributed by atoms with Crippen molar-refractivity contribution in [1.82, 2.24) is 15.2 Å². The molecule has 16 heavy (non-hydrogen) atoms. The summed E-state index contributed by atoms with van der Waals surface area (Å²) in [5, 5.41) is 6.80. The van der Waals surface area contributed by atoms with E-state index in [1.165, 1.54) is 5.01 Å². The zero-order valence-electron chi connectivity index (χ0n) is 10.5. The molecule has 1 aliphatic rings. The highest BCUT2D eigenvalue weighted by atomic mass is 32.1. The lowest BCUT2D eigenvalue weighted by molar-refractivity contribution is 0.0392. The van der Waals surface area contributed by atoms with Gasteiger partial charge in [-0.2, -0.15) is 0 Å². The van der Waals surface area contributed by atoms with Crippen molar-refractivity contribution in [3.63, 3.8) is 0 Å². The molecule has 1 aromatic heterocycles. The number of nitrogens with one attached hydrogen (secondary N) is 1. The highest BCUT2D eigenvalue weighted by Gasteiger charge is 2.37. The van der Waals surface area contributed by atoms with E-state index in [-0.39, 0.29) is 5.54 Å². The van der Waals surface area contributed by atoms with Crippen LogP contribution in [0.5, 0.6) is 0 Å². The van der Waals surface area contributed by atoms with Gasteiger partial charge in [-0.05, 0) is 27.7 Å². The highest BCUT2D eigenvalue weighted by molar-refractivity contribution is 7.09. The lowest BCUT2D eigenvalue weighted by Crippen LogP contribution is -2.59. The van der Waals surface area contributed by atoms with Crippen LogP contribution in [-0.4, -0.2) is 35.1 Å². The maximum atomic E-state index is 4.48. The van der Waals surface area contributed by atoms with E-state index >= 15 is 0 Å². The van der Waals surface area contributed by atoms with Gasteiger partial charge in [0, 0.05) is 36.8 Å². The molecule has 0 aliphatic carbocycles. The Labute approximate surface area is 102 Å². The van der Waals surface area contributed by atoms with Gasteiger partial charge in [-0.25, -0.2) is 4.98 Å². The van der Waals surface area contributed by atoms with Crippen LogP contribution < -0.4 is 5.32 Å². The van der Waals surface area contributed by atoms with Crippen LogP contribution in [-0.2, 0) is 5.54 Å². The average Bonchev–Trinajstić information content (AvgIpc) is 2.75. The third-order valence-corrected chi connectivity index (χ3v) is 4.52. The molecule has 0 saturated carbocycles. The predicted octanol–water partition coefficient (Wildman–Crippen LogP) is 2.06. The van der Waals surface area contributed by atoms with Crippen molar-refractivity contribution in [3.05, 3.63) is 16.6 Å². The SMILES string of the molecule is CC1CN(C(C)(C)c2nccs2)C(C)CN1. The van der Waals surface area contributed by atoms with Crippen LogP contribution in [0.1, 0.15) is 32.7 Å². The summed E-state index contributed by atoms with van der Waals surface area (Å²) in [6.45, 7) is 11.2. The largest absolute Gasteiger partial charge is 0.311 e. The monoisotopic (exact) mass is 239 g/mol. The van der Waals surface area contributed by atoms with Crippen LogP contribution in [0.15, 0.2) is 11.6 Å². The lowest BCUT2D eigenvalue weighted by atomic mass is 9.98. The smallest absolute Gasteiger partial charge is 0.112 e. The molecule has 2 heterocycles. The van der Waals surface area contributed by atoms with Gasteiger partial charge in [-0.15, -0.1) is 11.3 Å². The number of nitrogens with zero attached hydrogens (tertiary/aromatic N) is 2. The predicted molar refractivity (Wildman–Crippen MR) is 68.8 cm³/mol. The molecule has 90 valence electrons. The number of thiazole rings is 1. The maximum Gasteiger partial charge on any atom is 0.112 e. The molecule has 1 aliphatic heterocycles. The minimum atomic E-state index is 0.0456. The van der Waals surface area contributed by atoms with Crippen LogP contribution in [0.2, 0.25) is 0 Å². The third-order valence-electron chi connectivity index (χ3n) is 3.44. The summed E-state index contributed by atoms with van der Waals surface area (Å²) < 4.78 is 0. The van der Waals surface area contributed by atoms with E-state index in [4.69, 9.17) is 0 Å². The molecule has 2 rings (SSSR count). The Morgan fingerprint density at radius 2 is 2.25 bits per heavy atom. The molecule has 1 aromatic rings. The fourth-order valence-corrected chi connectivity index (χ4v) is 3.23. The second kappa shape index (κ2) is 4.43. The van der Waals surface area contributed by atoms with Crippen molar-refractivity contribution in [1.29, 1.82) is 0 Å². The third kappa shape index (κ3) is 2.14.